The Morgan fingerprint density at radius 2 is 0.542 bits per heavy atom. The van der Waals surface area contributed by atoms with E-state index < -0.39 is 144 Å². The molecular formula is C36H12BF20NS. The maximum absolute atomic E-state index is 15.4. The summed E-state index contributed by atoms with van der Waals surface area (Å²) in [4.78, 5) is 1.01. The van der Waals surface area contributed by atoms with Crippen LogP contribution < -0.4 is 26.4 Å². The normalized spacial score (nSPS) is 11.5. The number of rotatable bonds is 6. The molecule has 59 heavy (non-hydrogen) atoms. The van der Waals surface area contributed by atoms with Crippen LogP contribution in [-0.2, 0) is 6.54 Å². The monoisotopic (exact) mass is 881 g/mol. The van der Waals surface area contributed by atoms with Crippen molar-refractivity contribution in [3.05, 3.63) is 177 Å². The van der Waals surface area contributed by atoms with Gasteiger partial charge in [-0.1, -0.05) is 18.2 Å². The van der Waals surface area contributed by atoms with Crippen LogP contribution in [0.1, 0.15) is 5.56 Å². The van der Waals surface area contributed by atoms with Crippen LogP contribution in [0.3, 0.4) is 0 Å². The zero-order valence-electron chi connectivity index (χ0n) is 27.9. The van der Waals surface area contributed by atoms with Crippen molar-refractivity contribution in [1.82, 2.24) is 0 Å². The van der Waals surface area contributed by atoms with Gasteiger partial charge in [0.05, 0.1) is 0 Å². The molecule has 0 atom stereocenters. The number of nitrogens with zero attached hydrogens (tertiary/aromatic N) is 1. The van der Waals surface area contributed by atoms with E-state index in [1.165, 1.54) is 5.56 Å². The van der Waals surface area contributed by atoms with Crippen LogP contribution in [0.2, 0.25) is 0 Å². The lowest BCUT2D eigenvalue weighted by atomic mass is 9.12. The third-order valence-electron chi connectivity index (χ3n) is 8.79. The molecule has 0 bridgehead atoms. The summed E-state index contributed by atoms with van der Waals surface area (Å²) in [5.41, 5.74) is -13.0. The van der Waals surface area contributed by atoms with E-state index in [9.17, 15) is 52.7 Å². The Hall–Kier alpha value is -5.74. The molecule has 0 unspecified atom stereocenters. The van der Waals surface area contributed by atoms with Crippen LogP contribution in [0.4, 0.5) is 87.8 Å². The fourth-order valence-electron chi connectivity index (χ4n) is 6.23. The summed E-state index contributed by atoms with van der Waals surface area (Å²) in [5, 5.41) is 0. The third-order valence-corrected chi connectivity index (χ3v) is 9.08. The standard InChI is InChI=1S/C24BF20.C12H11NS/c26-5-1(6(27)14(35)21(42)13(5)34)25(2-7(28)15(36)22(43)16(37)8(2)29,3-9(30)17(38)23(44)18(39)10(3)31)4-11(32)19(40)24(45)20(41)12(4)33;14-12-6-4-11(5-7-12)10-13-8-2-1-3-9-13/h;1-9H,10H2/q-1;/p+1. The first-order valence-corrected chi connectivity index (χ1v) is 15.9. The first-order chi connectivity index (χ1) is 27.5. The highest BCUT2D eigenvalue weighted by atomic mass is 32.1. The van der Waals surface area contributed by atoms with Crippen molar-refractivity contribution in [2.45, 2.75) is 11.4 Å². The lowest BCUT2D eigenvalue weighted by Gasteiger charge is -2.44. The molecule has 1 aromatic heterocycles. The molecule has 0 saturated heterocycles. The summed E-state index contributed by atoms with van der Waals surface area (Å²) in [6.07, 6.45) is -3.09. The molecule has 0 aliphatic heterocycles. The number of hydrogen-bond acceptors (Lipinski definition) is 1. The minimum atomic E-state index is -7.22. The highest BCUT2D eigenvalue weighted by molar-refractivity contribution is 7.80. The minimum Gasteiger partial charge on any atom is -0.207 e. The van der Waals surface area contributed by atoms with Gasteiger partial charge < -0.3 is 0 Å². The largest absolute Gasteiger partial charge is 0.207 e. The summed E-state index contributed by atoms with van der Waals surface area (Å²) < 4.78 is 296. The minimum absolute atomic E-state index is 0.912. The zero-order chi connectivity index (χ0) is 44.2. The molecule has 6 rings (SSSR count). The maximum atomic E-state index is 15.4. The van der Waals surface area contributed by atoms with E-state index >= 15 is 35.1 Å². The summed E-state index contributed by atoms with van der Waals surface area (Å²) >= 11 is 4.25. The van der Waals surface area contributed by atoms with Gasteiger partial charge in [-0.15, -0.1) is 34.5 Å². The van der Waals surface area contributed by atoms with Gasteiger partial charge in [0.15, 0.2) is 88.7 Å². The van der Waals surface area contributed by atoms with E-state index in [4.69, 9.17) is 0 Å². The molecular weight excluding hydrogens is 869 g/mol. The second kappa shape index (κ2) is 16.5. The average Bonchev–Trinajstić information content (AvgIpc) is 3.22. The third kappa shape index (κ3) is 7.11. The van der Waals surface area contributed by atoms with E-state index in [0.717, 1.165) is 11.4 Å². The van der Waals surface area contributed by atoms with Gasteiger partial charge in [0.25, 0.3) is 0 Å². The molecule has 0 amide bonds. The highest BCUT2D eigenvalue weighted by Crippen LogP contribution is 2.30. The van der Waals surface area contributed by atoms with Gasteiger partial charge in [0.1, 0.15) is 52.7 Å². The van der Waals surface area contributed by atoms with Gasteiger partial charge in [-0.2, -0.15) is 0 Å². The number of benzene rings is 5. The fourth-order valence-corrected chi connectivity index (χ4v) is 6.38. The van der Waals surface area contributed by atoms with Gasteiger partial charge in [-0.25, -0.2) is 92.4 Å². The van der Waals surface area contributed by atoms with Crippen LogP contribution >= 0.6 is 12.6 Å². The van der Waals surface area contributed by atoms with Crippen LogP contribution in [-0.4, -0.2) is 6.15 Å². The van der Waals surface area contributed by atoms with Crippen LogP contribution in [0.25, 0.3) is 0 Å². The Morgan fingerprint density at radius 3 is 0.780 bits per heavy atom. The van der Waals surface area contributed by atoms with Gasteiger partial charge in [-0.3, -0.25) is 0 Å². The van der Waals surface area contributed by atoms with Crippen LogP contribution in [0, 0.1) is 116 Å². The molecule has 1 nitrogen and oxygen atoms in total. The molecule has 0 saturated carbocycles. The molecule has 0 aliphatic rings. The van der Waals surface area contributed by atoms with Crippen molar-refractivity contribution < 1.29 is 92.4 Å². The number of thiol groups is 1. The molecule has 6 aromatic rings. The van der Waals surface area contributed by atoms with Crippen molar-refractivity contribution in [3.63, 3.8) is 0 Å². The first-order valence-electron chi connectivity index (χ1n) is 15.5. The Labute approximate surface area is 321 Å². The van der Waals surface area contributed by atoms with Crippen molar-refractivity contribution in [2.24, 2.45) is 0 Å². The average molecular weight is 881 g/mol. The van der Waals surface area contributed by atoms with Crippen molar-refractivity contribution >= 4 is 40.6 Å². The zero-order valence-corrected chi connectivity index (χ0v) is 28.8. The molecule has 0 radical (unpaired) electrons. The molecule has 5 aromatic carbocycles. The molecule has 1 heterocycles. The summed E-state index contributed by atoms with van der Waals surface area (Å²) in [6.45, 7) is 0.912. The molecule has 0 spiro atoms. The smallest absolute Gasteiger partial charge is 0.200 e. The number of aromatic nitrogens is 1. The Bertz CT molecular complexity index is 2260. The molecule has 0 N–H and O–H groups in total. The summed E-state index contributed by atoms with van der Waals surface area (Å²) in [6, 6.07) is 14.3. The number of hydrogen-bond donors (Lipinski definition) is 1. The number of pyridine rings is 1. The summed E-state index contributed by atoms with van der Waals surface area (Å²) in [5.74, 6) is -71.4. The predicted molar refractivity (Wildman–Crippen MR) is 169 cm³/mol. The quantitative estimate of drug-likeness (QED) is 0.0431. The molecule has 0 aliphatic carbocycles. The maximum Gasteiger partial charge on any atom is 0.200 e. The van der Waals surface area contributed by atoms with Crippen molar-refractivity contribution in [1.29, 1.82) is 0 Å². The topological polar surface area (TPSA) is 3.88 Å². The second-order valence-electron chi connectivity index (χ2n) is 12.0. The lowest BCUT2D eigenvalue weighted by molar-refractivity contribution is -0.688. The fraction of sp³-hybridized carbons (Fsp3) is 0.0278. The first kappa shape index (κ1) is 44.4. The Morgan fingerprint density at radius 1 is 0.322 bits per heavy atom. The van der Waals surface area contributed by atoms with Gasteiger partial charge in [0, 0.05) is 22.6 Å². The van der Waals surface area contributed by atoms with E-state index in [1.54, 1.807) is 0 Å². The highest BCUT2D eigenvalue weighted by Gasteiger charge is 2.52. The van der Waals surface area contributed by atoms with Gasteiger partial charge >= 0.3 is 0 Å². The molecule has 23 heteroatoms. The predicted octanol–water partition coefficient (Wildman–Crippen LogP) is 8.16. The summed E-state index contributed by atoms with van der Waals surface area (Å²) in [7, 11) is 0. The van der Waals surface area contributed by atoms with Crippen LogP contribution in [0.15, 0.2) is 59.8 Å². The van der Waals surface area contributed by atoms with E-state index in [-0.39, 0.29) is 0 Å². The molecule has 0 fully saturated rings. The van der Waals surface area contributed by atoms with Crippen molar-refractivity contribution in [3.8, 4) is 0 Å². The Balaban J connectivity index is 0.000000395. The van der Waals surface area contributed by atoms with Gasteiger partial charge in [-0.05, 0) is 12.1 Å². The number of halogens is 20. The van der Waals surface area contributed by atoms with Crippen LogP contribution in [0.5, 0.6) is 0 Å². The van der Waals surface area contributed by atoms with Gasteiger partial charge in [0.2, 0.25) is 0 Å². The van der Waals surface area contributed by atoms with E-state index in [0.29, 0.717) is 0 Å². The SMILES string of the molecule is Fc1c(F)c(F)c([B-](c2c(F)c(F)c(F)c(F)c2F)(c2c(F)c(F)c(F)c(F)c2F)c2c(F)c(F)c(F)c(F)c2F)c(F)c1F.Sc1ccc(C[n+]2ccccc2)cc1. The van der Waals surface area contributed by atoms with E-state index in [1.807, 2.05) is 30.3 Å². The van der Waals surface area contributed by atoms with E-state index in [2.05, 4.69) is 41.7 Å². The molecule has 310 valence electrons. The lowest BCUT2D eigenvalue weighted by Crippen LogP contribution is -2.81. The Kier molecular flexibility index (Phi) is 12.4. The second-order valence-corrected chi connectivity index (χ2v) is 12.5. The van der Waals surface area contributed by atoms with Crippen molar-refractivity contribution in [2.75, 3.05) is 0 Å².